The number of aliphatic hydroxyl groups excluding tert-OH is 1. The molecule has 3 fully saturated rings. The van der Waals surface area contributed by atoms with E-state index in [9.17, 15) is 19.5 Å². The number of ether oxygens (including phenoxy) is 1. The van der Waals surface area contributed by atoms with Crippen LogP contribution in [0.5, 0.6) is 5.75 Å². The maximum absolute atomic E-state index is 14.1. The number of rotatable bonds is 11. The van der Waals surface area contributed by atoms with E-state index >= 15 is 0 Å². The van der Waals surface area contributed by atoms with Gasteiger partial charge >= 0.3 is 0 Å². The molecule has 0 radical (unpaired) electrons. The van der Waals surface area contributed by atoms with Crippen molar-refractivity contribution in [2.45, 2.75) is 127 Å². The van der Waals surface area contributed by atoms with Gasteiger partial charge in [0.15, 0.2) is 0 Å². The van der Waals surface area contributed by atoms with Gasteiger partial charge in [-0.2, -0.15) is 0 Å². The van der Waals surface area contributed by atoms with E-state index in [1.165, 1.54) is 5.56 Å². The minimum Gasteiger partial charge on any atom is -0.487 e. The second-order valence-electron chi connectivity index (χ2n) is 15.4. The average molecular weight is 681 g/mol. The first-order valence-electron chi connectivity index (χ1n) is 18.9. The lowest BCUT2D eigenvalue weighted by atomic mass is 9.84. The highest BCUT2D eigenvalue weighted by Crippen LogP contribution is 2.47. The number of nitrogens with one attached hydrogen (secondary N) is 2. The molecule has 0 bridgehead atoms. The van der Waals surface area contributed by atoms with Crippen LogP contribution in [0.4, 0.5) is 5.69 Å². The van der Waals surface area contributed by atoms with E-state index in [1.807, 2.05) is 30.3 Å². The zero-order valence-electron chi connectivity index (χ0n) is 29.5. The molecule has 9 heteroatoms. The predicted molar refractivity (Wildman–Crippen MR) is 195 cm³/mol. The number of fused-ring (bicyclic) bond motifs is 1. The Morgan fingerprint density at radius 2 is 1.76 bits per heavy atom. The molecule has 4 aliphatic rings. The van der Waals surface area contributed by atoms with Crippen LogP contribution in [0.2, 0.25) is 0 Å². The third-order valence-corrected chi connectivity index (χ3v) is 11.5. The van der Waals surface area contributed by atoms with Gasteiger partial charge in [0, 0.05) is 49.8 Å². The SMILES string of the molecule is CC(C)c1ccc2c(c1)[C@@H](NC[C@@H](O)[C@H](Cc1ccccc1)NC(=O)c1cc(N3CCCC3=O)c(=O)n(C3CCCC3)c1)CC1(CCCC1)O2. The smallest absolute Gasteiger partial charge is 0.274 e. The van der Waals surface area contributed by atoms with Gasteiger partial charge in [0.1, 0.15) is 17.0 Å². The number of carbonyl (C=O) groups excluding carboxylic acids is 2. The van der Waals surface area contributed by atoms with Crippen molar-refractivity contribution >= 4 is 17.5 Å². The van der Waals surface area contributed by atoms with E-state index in [1.54, 1.807) is 21.7 Å². The van der Waals surface area contributed by atoms with Gasteiger partial charge in [-0.05, 0) is 80.5 Å². The molecule has 2 amide bonds. The molecule has 2 aliphatic heterocycles. The zero-order valence-corrected chi connectivity index (χ0v) is 29.5. The van der Waals surface area contributed by atoms with E-state index in [0.717, 1.165) is 74.7 Å². The number of amides is 2. The van der Waals surface area contributed by atoms with Crippen LogP contribution in [0.3, 0.4) is 0 Å². The number of carbonyl (C=O) groups is 2. The highest BCUT2D eigenvalue weighted by Gasteiger charge is 2.43. The summed E-state index contributed by atoms with van der Waals surface area (Å²) in [6.45, 7) is 5.14. The molecule has 2 aromatic carbocycles. The van der Waals surface area contributed by atoms with Crippen molar-refractivity contribution in [1.29, 1.82) is 0 Å². The molecule has 3 aromatic rings. The van der Waals surface area contributed by atoms with Gasteiger partial charge in [0.2, 0.25) is 5.91 Å². The molecule has 1 spiro atoms. The van der Waals surface area contributed by atoms with Crippen LogP contribution in [0.25, 0.3) is 0 Å². The second kappa shape index (κ2) is 14.7. The molecule has 1 aromatic heterocycles. The molecule has 3 atom stereocenters. The van der Waals surface area contributed by atoms with Crippen molar-refractivity contribution in [3.8, 4) is 5.75 Å². The summed E-state index contributed by atoms with van der Waals surface area (Å²) in [7, 11) is 0. The van der Waals surface area contributed by atoms with Gasteiger partial charge in [-0.3, -0.25) is 14.4 Å². The number of pyridine rings is 1. The highest BCUT2D eigenvalue weighted by molar-refractivity contribution is 5.98. The molecule has 3 N–H and O–H groups in total. The molecular weight excluding hydrogens is 628 g/mol. The van der Waals surface area contributed by atoms with Crippen molar-refractivity contribution in [2.75, 3.05) is 18.0 Å². The van der Waals surface area contributed by atoms with Crippen molar-refractivity contribution < 1.29 is 19.4 Å². The molecule has 2 aliphatic carbocycles. The summed E-state index contributed by atoms with van der Waals surface area (Å²) in [6.07, 6.45) is 11.3. The Balaban J connectivity index is 1.15. The Morgan fingerprint density at radius 1 is 1.00 bits per heavy atom. The summed E-state index contributed by atoms with van der Waals surface area (Å²) in [4.78, 5) is 42.1. The number of hydrogen-bond acceptors (Lipinski definition) is 6. The molecule has 0 unspecified atom stereocenters. The van der Waals surface area contributed by atoms with Gasteiger partial charge in [-0.1, -0.05) is 69.2 Å². The first-order chi connectivity index (χ1) is 24.2. The van der Waals surface area contributed by atoms with Gasteiger partial charge in [-0.15, -0.1) is 0 Å². The molecule has 3 heterocycles. The van der Waals surface area contributed by atoms with Gasteiger partial charge in [-0.25, -0.2) is 0 Å². The topological polar surface area (TPSA) is 113 Å². The van der Waals surface area contributed by atoms with E-state index in [2.05, 4.69) is 42.7 Å². The fourth-order valence-corrected chi connectivity index (χ4v) is 8.63. The van der Waals surface area contributed by atoms with E-state index in [4.69, 9.17) is 4.74 Å². The van der Waals surface area contributed by atoms with Crippen molar-refractivity contribution in [2.24, 2.45) is 0 Å². The summed E-state index contributed by atoms with van der Waals surface area (Å²) in [5.74, 6) is 0.850. The molecule has 9 nitrogen and oxygen atoms in total. The number of aromatic nitrogens is 1. The first-order valence-corrected chi connectivity index (χ1v) is 18.9. The number of nitrogens with zero attached hydrogens (tertiary/aromatic N) is 2. The fraction of sp³-hybridized carbons (Fsp3) is 0.537. The lowest BCUT2D eigenvalue weighted by molar-refractivity contribution is -0.117. The van der Waals surface area contributed by atoms with Crippen LogP contribution in [0.15, 0.2) is 65.6 Å². The van der Waals surface area contributed by atoms with E-state index in [-0.39, 0.29) is 47.3 Å². The average Bonchev–Trinajstić information content (AvgIpc) is 3.91. The monoisotopic (exact) mass is 680 g/mol. The number of benzene rings is 2. The summed E-state index contributed by atoms with van der Waals surface area (Å²) in [5, 5.41) is 18.7. The maximum Gasteiger partial charge on any atom is 0.274 e. The van der Waals surface area contributed by atoms with Gasteiger partial charge in [0.05, 0.1) is 17.7 Å². The third kappa shape index (κ3) is 7.26. The molecular formula is C41H52N4O5. The summed E-state index contributed by atoms with van der Waals surface area (Å²) in [5.41, 5.74) is 3.57. The fourth-order valence-electron chi connectivity index (χ4n) is 8.63. The standard InChI is InChI=1S/C41H52N4O5/c1-27(2)29-16-17-37-32(22-29)34(24-41(50-37)18-8-9-19-41)42-25-36(46)33(21-28-11-4-3-5-12-28)43-39(48)30-23-35(44-20-10-15-38(44)47)40(49)45(26-30)31-13-6-7-14-31/h3-5,11-12,16-17,22-23,26-27,31,33-34,36,42,46H,6-10,13-15,18-21,24-25H2,1-2H3,(H,43,48)/t33-,34-,36+/m0/s1. The Morgan fingerprint density at radius 3 is 2.46 bits per heavy atom. The molecule has 7 rings (SSSR count). The van der Waals surface area contributed by atoms with Gasteiger partial charge < -0.3 is 29.9 Å². The first kappa shape index (κ1) is 34.5. The Labute approximate surface area is 295 Å². The molecule has 1 saturated heterocycles. The largest absolute Gasteiger partial charge is 0.487 e. The van der Waals surface area contributed by atoms with Crippen LogP contribution in [0.1, 0.15) is 130 Å². The van der Waals surface area contributed by atoms with Crippen LogP contribution in [0, 0.1) is 0 Å². The highest BCUT2D eigenvalue weighted by atomic mass is 16.5. The number of hydrogen-bond donors (Lipinski definition) is 3. The summed E-state index contributed by atoms with van der Waals surface area (Å²) in [6, 6.07) is 17.4. The van der Waals surface area contributed by atoms with E-state index < -0.39 is 12.1 Å². The second-order valence-corrected chi connectivity index (χ2v) is 15.4. The summed E-state index contributed by atoms with van der Waals surface area (Å²) < 4.78 is 8.36. The molecule has 2 saturated carbocycles. The quantitative estimate of drug-likeness (QED) is 0.218. The third-order valence-electron chi connectivity index (χ3n) is 11.5. The maximum atomic E-state index is 14.1. The lowest BCUT2D eigenvalue weighted by Crippen LogP contribution is -2.50. The van der Waals surface area contributed by atoms with Crippen LogP contribution in [-0.2, 0) is 11.2 Å². The van der Waals surface area contributed by atoms with Crippen molar-refractivity contribution in [3.63, 3.8) is 0 Å². The van der Waals surface area contributed by atoms with Gasteiger partial charge in [0.25, 0.3) is 11.5 Å². The Kier molecular flexibility index (Phi) is 10.2. The predicted octanol–water partition coefficient (Wildman–Crippen LogP) is 6.34. The van der Waals surface area contributed by atoms with Crippen molar-refractivity contribution in [3.05, 3.63) is 93.4 Å². The van der Waals surface area contributed by atoms with Crippen molar-refractivity contribution in [1.82, 2.24) is 15.2 Å². The number of anilines is 1. The minimum absolute atomic E-state index is 0.00309. The summed E-state index contributed by atoms with van der Waals surface area (Å²) >= 11 is 0. The molecule has 266 valence electrons. The normalized spacial score (nSPS) is 21.4. The van der Waals surface area contributed by atoms with Crippen LogP contribution < -0.4 is 25.8 Å². The molecule has 50 heavy (non-hydrogen) atoms. The minimum atomic E-state index is -0.904. The van der Waals surface area contributed by atoms with Crippen LogP contribution in [-0.4, -0.2) is 52.3 Å². The van der Waals surface area contributed by atoms with Crippen LogP contribution >= 0.6 is 0 Å². The number of aliphatic hydroxyl groups is 1. The van der Waals surface area contributed by atoms with E-state index in [0.29, 0.717) is 37.3 Å². The Bertz CT molecular complexity index is 1740. The lowest BCUT2D eigenvalue weighted by Gasteiger charge is -2.41. The zero-order chi connectivity index (χ0) is 34.8. The Hall–Kier alpha value is -3.95.